The highest BCUT2D eigenvalue weighted by Gasteiger charge is 2.22. The van der Waals surface area contributed by atoms with Crippen LogP contribution in [0.25, 0.3) is 22.6 Å². The highest BCUT2D eigenvalue weighted by Crippen LogP contribution is 2.40. The Morgan fingerprint density at radius 3 is 2.60 bits per heavy atom. The van der Waals surface area contributed by atoms with Crippen molar-refractivity contribution in [2.75, 3.05) is 5.73 Å². The zero-order valence-corrected chi connectivity index (χ0v) is 11.4. The van der Waals surface area contributed by atoms with E-state index in [9.17, 15) is 4.39 Å². The minimum atomic E-state index is -0.448. The number of halogens is 3. The summed E-state index contributed by atoms with van der Waals surface area (Å²) >= 11 is 11.8. The first-order valence-corrected chi connectivity index (χ1v) is 6.28. The van der Waals surface area contributed by atoms with E-state index < -0.39 is 5.82 Å². The molecule has 4 nitrogen and oxygen atoms in total. The maximum absolute atomic E-state index is 13.1. The molecule has 2 N–H and O–H groups in total. The van der Waals surface area contributed by atoms with Crippen molar-refractivity contribution in [2.24, 2.45) is 0 Å². The van der Waals surface area contributed by atoms with Crippen molar-refractivity contribution in [3.05, 3.63) is 46.4 Å². The van der Waals surface area contributed by atoms with E-state index in [4.69, 9.17) is 37.9 Å². The molecule has 0 radical (unpaired) electrons. The zero-order valence-electron chi connectivity index (χ0n) is 9.86. The van der Waals surface area contributed by atoms with Gasteiger partial charge in [-0.1, -0.05) is 16.8 Å². The highest BCUT2D eigenvalue weighted by molar-refractivity contribution is 6.33. The average Bonchev–Trinajstić information content (AvgIpc) is 2.96. The molecule has 1 aromatic carbocycles. The Hall–Kier alpha value is -1.98. The quantitative estimate of drug-likeness (QED) is 0.749. The number of hydrogen-bond donors (Lipinski definition) is 1. The van der Waals surface area contributed by atoms with Crippen LogP contribution >= 0.6 is 23.2 Å². The van der Waals surface area contributed by atoms with Crippen LogP contribution in [0.15, 0.2) is 39.3 Å². The van der Waals surface area contributed by atoms with E-state index in [-0.39, 0.29) is 16.1 Å². The third-order valence-electron chi connectivity index (χ3n) is 2.73. The summed E-state index contributed by atoms with van der Waals surface area (Å²) in [6.07, 6.45) is 0. The van der Waals surface area contributed by atoms with Crippen LogP contribution in [0.1, 0.15) is 0 Å². The Morgan fingerprint density at radius 1 is 1.15 bits per heavy atom. The van der Waals surface area contributed by atoms with E-state index in [2.05, 4.69) is 5.16 Å². The monoisotopic (exact) mass is 312 g/mol. The maximum Gasteiger partial charge on any atom is 0.230 e. The van der Waals surface area contributed by atoms with Crippen molar-refractivity contribution < 1.29 is 13.3 Å². The van der Waals surface area contributed by atoms with Crippen LogP contribution in [-0.4, -0.2) is 5.16 Å². The van der Waals surface area contributed by atoms with Crippen LogP contribution in [0.3, 0.4) is 0 Å². The molecule has 0 unspecified atom stereocenters. The van der Waals surface area contributed by atoms with Crippen molar-refractivity contribution >= 4 is 29.1 Å². The van der Waals surface area contributed by atoms with Gasteiger partial charge in [0, 0.05) is 5.56 Å². The van der Waals surface area contributed by atoms with Gasteiger partial charge in [0.15, 0.2) is 16.7 Å². The Labute approximate surface area is 122 Å². The first-order valence-electron chi connectivity index (χ1n) is 5.52. The fraction of sp³-hybridized carbons (Fsp3) is 0. The first kappa shape index (κ1) is 13.0. The number of benzene rings is 1. The van der Waals surface area contributed by atoms with E-state index in [1.54, 1.807) is 12.1 Å². The lowest BCUT2D eigenvalue weighted by atomic mass is 10.0. The molecule has 3 rings (SSSR count). The molecule has 20 heavy (non-hydrogen) atoms. The van der Waals surface area contributed by atoms with Crippen molar-refractivity contribution in [3.8, 4) is 22.6 Å². The Morgan fingerprint density at radius 2 is 1.95 bits per heavy atom. The lowest BCUT2D eigenvalue weighted by Crippen LogP contribution is -1.89. The van der Waals surface area contributed by atoms with Crippen molar-refractivity contribution in [2.45, 2.75) is 0 Å². The van der Waals surface area contributed by atoms with E-state index in [1.807, 2.05) is 0 Å². The van der Waals surface area contributed by atoms with Crippen molar-refractivity contribution in [1.82, 2.24) is 5.16 Å². The molecule has 0 aliphatic heterocycles. The predicted octanol–water partition coefficient (Wildman–Crippen LogP) is 4.63. The van der Waals surface area contributed by atoms with Crippen LogP contribution in [0.4, 0.5) is 10.3 Å². The van der Waals surface area contributed by atoms with Crippen LogP contribution < -0.4 is 5.73 Å². The second kappa shape index (κ2) is 4.85. The maximum atomic E-state index is 13.1. The minimum absolute atomic E-state index is 0.0565. The number of aromatic nitrogens is 1. The molecule has 0 amide bonds. The van der Waals surface area contributed by atoms with E-state index >= 15 is 0 Å². The van der Waals surface area contributed by atoms with Crippen LogP contribution in [0.2, 0.25) is 10.2 Å². The first-order chi connectivity index (χ1) is 9.56. The summed E-state index contributed by atoms with van der Waals surface area (Å²) in [6, 6.07) is 7.14. The van der Waals surface area contributed by atoms with Crippen molar-refractivity contribution in [3.63, 3.8) is 0 Å². The second-order valence-corrected chi connectivity index (χ2v) is 4.78. The third-order valence-corrected chi connectivity index (χ3v) is 3.24. The summed E-state index contributed by atoms with van der Waals surface area (Å²) in [5, 5.41) is 4.23. The van der Waals surface area contributed by atoms with Gasteiger partial charge in [0.25, 0.3) is 0 Å². The minimum Gasteiger partial charge on any atom is -0.443 e. The number of anilines is 1. The zero-order chi connectivity index (χ0) is 14.3. The molecule has 2 aromatic heterocycles. The molecule has 0 aliphatic rings. The smallest absolute Gasteiger partial charge is 0.230 e. The van der Waals surface area contributed by atoms with Gasteiger partial charge < -0.3 is 14.7 Å². The van der Waals surface area contributed by atoms with E-state index in [0.29, 0.717) is 22.6 Å². The normalized spacial score (nSPS) is 10.9. The van der Waals surface area contributed by atoms with Gasteiger partial charge in [0.2, 0.25) is 5.88 Å². The summed E-state index contributed by atoms with van der Waals surface area (Å²) in [5.74, 6) is -0.0109. The number of nitrogens with zero attached hydrogens (tertiary/aromatic N) is 1. The summed E-state index contributed by atoms with van der Waals surface area (Å²) in [5.41, 5.74) is 7.04. The van der Waals surface area contributed by atoms with Gasteiger partial charge in [-0.2, -0.15) is 0 Å². The molecule has 102 valence electrons. The number of nitrogens with two attached hydrogens (primary N) is 1. The SMILES string of the molecule is Nc1onc(-c2ccc(Cl)o2)c1-c1ccc(F)cc1Cl. The molecule has 0 saturated carbocycles. The molecule has 0 spiro atoms. The molecule has 2 heterocycles. The Bertz CT molecular complexity index is 783. The fourth-order valence-electron chi connectivity index (χ4n) is 1.87. The molecule has 0 atom stereocenters. The van der Waals surface area contributed by atoms with Gasteiger partial charge in [0.1, 0.15) is 5.82 Å². The van der Waals surface area contributed by atoms with Gasteiger partial charge in [-0.3, -0.25) is 0 Å². The van der Waals surface area contributed by atoms with Gasteiger partial charge in [-0.25, -0.2) is 4.39 Å². The summed E-state index contributed by atoms with van der Waals surface area (Å²) < 4.78 is 23.4. The van der Waals surface area contributed by atoms with Gasteiger partial charge in [-0.05, 0) is 41.9 Å². The van der Waals surface area contributed by atoms with Gasteiger partial charge >= 0.3 is 0 Å². The number of nitrogen functional groups attached to an aromatic ring is 1. The molecule has 0 fully saturated rings. The molecule has 0 bridgehead atoms. The number of rotatable bonds is 2. The summed E-state index contributed by atoms with van der Waals surface area (Å²) in [7, 11) is 0. The molecule has 7 heteroatoms. The largest absolute Gasteiger partial charge is 0.443 e. The standard InChI is InChI=1S/C13H7Cl2FN2O2/c14-8-5-6(16)1-2-7(8)11-12(18-20-13(11)17)9-3-4-10(15)19-9/h1-5H,17H2. The van der Waals surface area contributed by atoms with E-state index in [0.717, 1.165) is 0 Å². The van der Waals surface area contributed by atoms with Gasteiger partial charge in [-0.15, -0.1) is 0 Å². The number of hydrogen-bond acceptors (Lipinski definition) is 4. The molecule has 3 aromatic rings. The summed E-state index contributed by atoms with van der Waals surface area (Å²) in [4.78, 5) is 0. The highest BCUT2D eigenvalue weighted by atomic mass is 35.5. The molecular formula is C13H7Cl2FN2O2. The van der Waals surface area contributed by atoms with Crippen LogP contribution in [0, 0.1) is 5.82 Å². The van der Waals surface area contributed by atoms with Crippen LogP contribution in [-0.2, 0) is 0 Å². The average molecular weight is 313 g/mol. The Kier molecular flexibility index (Phi) is 3.16. The molecular weight excluding hydrogens is 306 g/mol. The summed E-state index contributed by atoms with van der Waals surface area (Å²) in [6.45, 7) is 0. The lowest BCUT2D eigenvalue weighted by molar-refractivity contribution is 0.436. The third kappa shape index (κ3) is 2.15. The number of furan rings is 1. The molecule has 0 saturated heterocycles. The fourth-order valence-corrected chi connectivity index (χ4v) is 2.27. The Balaban J connectivity index is 2.21. The van der Waals surface area contributed by atoms with Crippen molar-refractivity contribution in [1.29, 1.82) is 0 Å². The molecule has 0 aliphatic carbocycles. The van der Waals surface area contributed by atoms with E-state index in [1.165, 1.54) is 18.2 Å². The van der Waals surface area contributed by atoms with Crippen LogP contribution in [0.5, 0.6) is 0 Å². The predicted molar refractivity (Wildman–Crippen MR) is 74.0 cm³/mol. The second-order valence-electron chi connectivity index (χ2n) is 4.00. The lowest BCUT2D eigenvalue weighted by Gasteiger charge is -2.03. The van der Waals surface area contributed by atoms with Gasteiger partial charge in [0.05, 0.1) is 10.6 Å². The topological polar surface area (TPSA) is 65.2 Å².